The summed E-state index contributed by atoms with van der Waals surface area (Å²) in [5.41, 5.74) is 1.62. The van der Waals surface area contributed by atoms with Crippen molar-refractivity contribution < 1.29 is 18.7 Å². The average molecular weight is 343 g/mol. The van der Waals surface area contributed by atoms with Crippen molar-refractivity contribution in [2.24, 2.45) is 0 Å². The van der Waals surface area contributed by atoms with Crippen LogP contribution in [0.4, 0.5) is 8.78 Å². The number of imidazole rings is 1. The average Bonchev–Trinajstić information content (AvgIpc) is 3.22. The van der Waals surface area contributed by atoms with Crippen LogP contribution >= 0.6 is 0 Å². The fraction of sp³-hybridized carbons (Fsp3) is 0.222. The molecule has 3 heterocycles. The standard InChI is InChI=1S/C18H15F2N3O2/c19-14-3-1-11(7-15(14)20)16-8-13(24)10-23(16)18(25)12-2-4-17-21-5-6-22(17)9-12/h1-7,9,13,16,24H,8,10H2/t13-,16+/m1/s1. The number of likely N-dealkylation sites (tertiary alicyclic amines) is 1. The Hall–Kier alpha value is -2.80. The summed E-state index contributed by atoms with van der Waals surface area (Å²) in [6, 6.07) is 6.45. The van der Waals surface area contributed by atoms with Gasteiger partial charge in [0.15, 0.2) is 11.6 Å². The number of nitrogens with zero attached hydrogens (tertiary/aromatic N) is 3. The molecule has 1 N–H and O–H groups in total. The Morgan fingerprint density at radius 2 is 2.04 bits per heavy atom. The molecule has 0 aliphatic carbocycles. The Labute approximate surface area is 142 Å². The number of amides is 1. The first kappa shape index (κ1) is 15.7. The Morgan fingerprint density at radius 3 is 2.84 bits per heavy atom. The molecule has 0 saturated carbocycles. The van der Waals surface area contributed by atoms with Crippen molar-refractivity contribution >= 4 is 11.6 Å². The highest BCUT2D eigenvalue weighted by molar-refractivity contribution is 5.94. The summed E-state index contributed by atoms with van der Waals surface area (Å²) >= 11 is 0. The zero-order chi connectivity index (χ0) is 17.6. The highest BCUT2D eigenvalue weighted by Gasteiger charge is 2.36. The summed E-state index contributed by atoms with van der Waals surface area (Å²) in [6.07, 6.45) is 4.60. The van der Waals surface area contributed by atoms with E-state index in [-0.39, 0.29) is 18.9 Å². The molecule has 1 amide bonds. The summed E-state index contributed by atoms with van der Waals surface area (Å²) in [6.45, 7) is 0.143. The number of aliphatic hydroxyl groups is 1. The third-order valence-electron chi connectivity index (χ3n) is 4.50. The second-order valence-corrected chi connectivity index (χ2v) is 6.15. The summed E-state index contributed by atoms with van der Waals surface area (Å²) < 4.78 is 28.5. The highest BCUT2D eigenvalue weighted by atomic mass is 19.2. The van der Waals surface area contributed by atoms with Gasteiger partial charge in [0.1, 0.15) is 5.65 Å². The Morgan fingerprint density at radius 1 is 1.20 bits per heavy atom. The lowest BCUT2D eigenvalue weighted by Gasteiger charge is -2.25. The van der Waals surface area contributed by atoms with E-state index < -0.39 is 23.8 Å². The van der Waals surface area contributed by atoms with E-state index in [1.807, 2.05) is 0 Å². The van der Waals surface area contributed by atoms with Gasteiger partial charge in [0, 0.05) is 25.1 Å². The molecule has 1 aliphatic heterocycles. The molecule has 5 nitrogen and oxygen atoms in total. The zero-order valence-corrected chi connectivity index (χ0v) is 13.1. The van der Waals surface area contributed by atoms with Crippen LogP contribution in [-0.4, -0.2) is 37.9 Å². The van der Waals surface area contributed by atoms with E-state index in [0.717, 1.165) is 17.8 Å². The fourth-order valence-corrected chi connectivity index (χ4v) is 3.29. The molecule has 2 aromatic heterocycles. The van der Waals surface area contributed by atoms with Gasteiger partial charge in [-0.15, -0.1) is 0 Å². The summed E-state index contributed by atoms with van der Waals surface area (Å²) in [5.74, 6) is -2.18. The van der Waals surface area contributed by atoms with Gasteiger partial charge < -0.3 is 14.4 Å². The van der Waals surface area contributed by atoms with Crippen molar-refractivity contribution in [3.05, 3.63) is 71.7 Å². The number of benzene rings is 1. The molecular formula is C18H15F2N3O2. The van der Waals surface area contributed by atoms with Crippen molar-refractivity contribution in [1.82, 2.24) is 14.3 Å². The largest absolute Gasteiger partial charge is 0.391 e. The number of fused-ring (bicyclic) bond motifs is 1. The minimum absolute atomic E-state index is 0.143. The molecule has 3 aromatic rings. The topological polar surface area (TPSA) is 57.8 Å². The molecule has 4 rings (SSSR count). The van der Waals surface area contributed by atoms with Crippen LogP contribution in [0.25, 0.3) is 5.65 Å². The molecule has 0 bridgehead atoms. The number of carbonyl (C=O) groups is 1. The third kappa shape index (κ3) is 2.76. The Bertz CT molecular complexity index is 956. The number of carbonyl (C=O) groups excluding carboxylic acids is 1. The molecule has 1 aliphatic rings. The molecule has 0 radical (unpaired) electrons. The number of rotatable bonds is 2. The second-order valence-electron chi connectivity index (χ2n) is 6.15. The van der Waals surface area contributed by atoms with Crippen LogP contribution in [0.1, 0.15) is 28.4 Å². The first-order valence-electron chi connectivity index (χ1n) is 7.89. The lowest BCUT2D eigenvalue weighted by atomic mass is 10.0. The summed E-state index contributed by atoms with van der Waals surface area (Å²) in [4.78, 5) is 18.5. The summed E-state index contributed by atoms with van der Waals surface area (Å²) in [5, 5.41) is 10.0. The summed E-state index contributed by atoms with van der Waals surface area (Å²) in [7, 11) is 0. The molecule has 7 heteroatoms. The van der Waals surface area contributed by atoms with Gasteiger partial charge in [-0.05, 0) is 36.2 Å². The molecular weight excluding hydrogens is 328 g/mol. The zero-order valence-electron chi connectivity index (χ0n) is 13.1. The monoisotopic (exact) mass is 343 g/mol. The van der Waals surface area contributed by atoms with E-state index in [1.54, 1.807) is 35.1 Å². The SMILES string of the molecule is O=C(c1ccc2nccn2c1)N1C[C@H](O)C[C@H]1c1ccc(F)c(F)c1. The van der Waals surface area contributed by atoms with E-state index in [0.29, 0.717) is 11.1 Å². The maximum atomic E-state index is 13.6. The first-order chi connectivity index (χ1) is 12.0. The van der Waals surface area contributed by atoms with Gasteiger partial charge in [-0.1, -0.05) is 6.07 Å². The van der Waals surface area contributed by atoms with Gasteiger partial charge in [0.05, 0.1) is 17.7 Å². The van der Waals surface area contributed by atoms with Crippen molar-refractivity contribution in [2.75, 3.05) is 6.54 Å². The quantitative estimate of drug-likeness (QED) is 0.778. The van der Waals surface area contributed by atoms with Crippen LogP contribution in [-0.2, 0) is 0 Å². The van der Waals surface area contributed by atoms with Gasteiger partial charge in [0.25, 0.3) is 5.91 Å². The minimum Gasteiger partial charge on any atom is -0.391 e. The Balaban J connectivity index is 1.68. The highest BCUT2D eigenvalue weighted by Crippen LogP contribution is 2.34. The van der Waals surface area contributed by atoms with Gasteiger partial charge >= 0.3 is 0 Å². The lowest BCUT2D eigenvalue weighted by molar-refractivity contribution is 0.0715. The van der Waals surface area contributed by atoms with Gasteiger partial charge in [-0.25, -0.2) is 13.8 Å². The van der Waals surface area contributed by atoms with Crippen molar-refractivity contribution in [1.29, 1.82) is 0 Å². The van der Waals surface area contributed by atoms with Crippen LogP contribution in [0.5, 0.6) is 0 Å². The molecule has 0 unspecified atom stereocenters. The van der Waals surface area contributed by atoms with E-state index in [4.69, 9.17) is 0 Å². The number of halogens is 2. The maximum absolute atomic E-state index is 13.6. The number of aromatic nitrogens is 2. The number of β-amino-alcohol motifs (C(OH)–C–C–N with tert-alkyl or cyclic N) is 1. The van der Waals surface area contributed by atoms with Crippen LogP contribution < -0.4 is 0 Å². The molecule has 1 aromatic carbocycles. The molecule has 128 valence electrons. The van der Waals surface area contributed by atoms with Crippen LogP contribution in [0.3, 0.4) is 0 Å². The van der Waals surface area contributed by atoms with Crippen molar-refractivity contribution in [3.63, 3.8) is 0 Å². The number of hydrogen-bond acceptors (Lipinski definition) is 3. The normalized spacial score (nSPS) is 20.4. The molecule has 25 heavy (non-hydrogen) atoms. The third-order valence-corrected chi connectivity index (χ3v) is 4.50. The Kier molecular flexibility index (Phi) is 3.73. The lowest BCUT2D eigenvalue weighted by Crippen LogP contribution is -2.32. The van der Waals surface area contributed by atoms with E-state index in [2.05, 4.69) is 4.98 Å². The van der Waals surface area contributed by atoms with Crippen LogP contribution in [0.15, 0.2) is 48.9 Å². The van der Waals surface area contributed by atoms with Crippen LogP contribution in [0.2, 0.25) is 0 Å². The van der Waals surface area contributed by atoms with E-state index in [9.17, 15) is 18.7 Å². The minimum atomic E-state index is -0.967. The predicted molar refractivity (Wildman–Crippen MR) is 86.0 cm³/mol. The van der Waals surface area contributed by atoms with Gasteiger partial charge in [0.2, 0.25) is 0 Å². The number of aliphatic hydroxyl groups excluding tert-OH is 1. The smallest absolute Gasteiger partial charge is 0.255 e. The first-order valence-corrected chi connectivity index (χ1v) is 7.89. The maximum Gasteiger partial charge on any atom is 0.255 e. The van der Waals surface area contributed by atoms with Crippen molar-refractivity contribution in [2.45, 2.75) is 18.6 Å². The second kappa shape index (κ2) is 5.93. The molecule has 1 saturated heterocycles. The number of hydrogen-bond donors (Lipinski definition) is 1. The number of pyridine rings is 1. The van der Waals surface area contributed by atoms with E-state index in [1.165, 1.54) is 11.0 Å². The molecule has 1 fully saturated rings. The van der Waals surface area contributed by atoms with Crippen molar-refractivity contribution in [3.8, 4) is 0 Å². The molecule has 2 atom stereocenters. The fourth-order valence-electron chi connectivity index (χ4n) is 3.29. The van der Waals surface area contributed by atoms with Gasteiger partial charge in [-0.2, -0.15) is 0 Å². The molecule has 0 spiro atoms. The van der Waals surface area contributed by atoms with Crippen LogP contribution in [0, 0.1) is 11.6 Å². The predicted octanol–water partition coefficient (Wildman–Crippen LogP) is 2.56. The van der Waals surface area contributed by atoms with E-state index >= 15 is 0 Å². The van der Waals surface area contributed by atoms with Gasteiger partial charge in [-0.3, -0.25) is 4.79 Å².